The molecule has 20 heavy (non-hydrogen) atoms. The van der Waals surface area contributed by atoms with E-state index in [2.05, 4.69) is 10.5 Å². The van der Waals surface area contributed by atoms with Gasteiger partial charge >= 0.3 is 0 Å². The van der Waals surface area contributed by atoms with Crippen LogP contribution in [0.4, 0.5) is 0 Å². The molecule has 0 atom stereocenters. The molecule has 0 saturated heterocycles. The monoisotopic (exact) mass is 272 g/mol. The quantitative estimate of drug-likeness (QED) is 0.820. The molecular weight excluding hydrogens is 256 g/mol. The molecule has 0 aliphatic carbocycles. The number of carbonyl (C=O) groups is 1. The first-order valence-corrected chi connectivity index (χ1v) is 6.33. The van der Waals surface area contributed by atoms with Crippen LogP contribution in [-0.4, -0.2) is 17.5 Å². The standard InChI is InChI=1S/C15H16N2O3/c1-2-20-17-15(18)13-3-5-14(6-4-13)19-11-12-7-9-16-10-8-12/h3-10H,2,11H2,1H3,(H,17,18). The molecule has 2 rings (SSSR count). The number of nitrogens with zero attached hydrogens (tertiary/aromatic N) is 1. The number of hydrogen-bond acceptors (Lipinski definition) is 4. The molecule has 5 nitrogen and oxygen atoms in total. The lowest BCUT2D eigenvalue weighted by Crippen LogP contribution is -2.23. The van der Waals surface area contributed by atoms with Crippen LogP contribution < -0.4 is 10.2 Å². The van der Waals surface area contributed by atoms with Gasteiger partial charge in [0.2, 0.25) is 0 Å². The molecule has 1 aromatic carbocycles. The van der Waals surface area contributed by atoms with Crippen molar-refractivity contribution in [2.45, 2.75) is 13.5 Å². The molecule has 0 aliphatic heterocycles. The Bertz CT molecular complexity index is 541. The predicted molar refractivity (Wildman–Crippen MR) is 74.1 cm³/mol. The van der Waals surface area contributed by atoms with Crippen LogP contribution in [0.1, 0.15) is 22.8 Å². The molecular formula is C15H16N2O3. The topological polar surface area (TPSA) is 60.5 Å². The normalized spacial score (nSPS) is 10.1. The van der Waals surface area contributed by atoms with Crippen molar-refractivity contribution in [3.8, 4) is 5.75 Å². The van der Waals surface area contributed by atoms with Gasteiger partial charge in [0.1, 0.15) is 12.4 Å². The van der Waals surface area contributed by atoms with Crippen molar-refractivity contribution in [2.75, 3.05) is 6.61 Å². The second kappa shape index (κ2) is 7.25. The Kier molecular flexibility index (Phi) is 5.08. The van der Waals surface area contributed by atoms with E-state index in [9.17, 15) is 4.79 Å². The maximum absolute atomic E-state index is 11.6. The molecule has 0 saturated carbocycles. The third-order valence-electron chi connectivity index (χ3n) is 2.58. The maximum Gasteiger partial charge on any atom is 0.274 e. The zero-order valence-electron chi connectivity index (χ0n) is 11.2. The van der Waals surface area contributed by atoms with E-state index in [0.717, 1.165) is 5.56 Å². The molecule has 0 aliphatic rings. The first-order valence-electron chi connectivity index (χ1n) is 6.33. The van der Waals surface area contributed by atoms with Crippen LogP contribution >= 0.6 is 0 Å². The number of aromatic nitrogens is 1. The van der Waals surface area contributed by atoms with Crippen molar-refractivity contribution in [1.82, 2.24) is 10.5 Å². The van der Waals surface area contributed by atoms with Crippen LogP contribution in [0.25, 0.3) is 0 Å². The predicted octanol–water partition coefficient (Wildman–Crippen LogP) is 2.34. The highest BCUT2D eigenvalue weighted by atomic mass is 16.6. The summed E-state index contributed by atoms with van der Waals surface area (Å²) in [7, 11) is 0. The Morgan fingerprint density at radius 2 is 1.85 bits per heavy atom. The molecule has 0 radical (unpaired) electrons. The molecule has 2 aromatic rings. The maximum atomic E-state index is 11.6. The number of amides is 1. The number of nitrogens with one attached hydrogen (secondary N) is 1. The Morgan fingerprint density at radius 1 is 1.15 bits per heavy atom. The lowest BCUT2D eigenvalue weighted by Gasteiger charge is -2.07. The van der Waals surface area contributed by atoms with Gasteiger partial charge in [-0.2, -0.15) is 0 Å². The van der Waals surface area contributed by atoms with Crippen molar-refractivity contribution in [2.24, 2.45) is 0 Å². The minimum Gasteiger partial charge on any atom is -0.489 e. The Morgan fingerprint density at radius 3 is 2.50 bits per heavy atom. The lowest BCUT2D eigenvalue weighted by molar-refractivity contribution is 0.0364. The van der Waals surface area contributed by atoms with Gasteiger partial charge in [0, 0.05) is 18.0 Å². The van der Waals surface area contributed by atoms with Crippen LogP contribution in [0.3, 0.4) is 0 Å². The number of carbonyl (C=O) groups excluding carboxylic acids is 1. The van der Waals surface area contributed by atoms with E-state index < -0.39 is 0 Å². The molecule has 5 heteroatoms. The van der Waals surface area contributed by atoms with Gasteiger partial charge < -0.3 is 4.74 Å². The van der Waals surface area contributed by atoms with Gasteiger partial charge in [-0.3, -0.25) is 14.6 Å². The summed E-state index contributed by atoms with van der Waals surface area (Å²) in [5.41, 5.74) is 3.90. The van der Waals surface area contributed by atoms with E-state index in [0.29, 0.717) is 24.5 Å². The van der Waals surface area contributed by atoms with Crippen molar-refractivity contribution >= 4 is 5.91 Å². The Hall–Kier alpha value is -2.40. The number of rotatable bonds is 6. The second-order valence-corrected chi connectivity index (χ2v) is 4.03. The zero-order valence-corrected chi connectivity index (χ0v) is 11.2. The van der Waals surface area contributed by atoms with Gasteiger partial charge in [-0.1, -0.05) is 0 Å². The molecule has 0 fully saturated rings. The molecule has 104 valence electrons. The summed E-state index contributed by atoms with van der Waals surface area (Å²) in [5, 5.41) is 0. The fourth-order valence-corrected chi connectivity index (χ4v) is 1.54. The van der Waals surface area contributed by atoms with Crippen molar-refractivity contribution < 1.29 is 14.4 Å². The minimum absolute atomic E-state index is 0.271. The number of benzene rings is 1. The number of ether oxygens (including phenoxy) is 1. The molecule has 1 amide bonds. The summed E-state index contributed by atoms with van der Waals surface area (Å²) in [4.78, 5) is 20.4. The van der Waals surface area contributed by atoms with Gasteiger partial charge in [-0.15, -0.1) is 0 Å². The third-order valence-corrected chi connectivity index (χ3v) is 2.58. The molecule has 0 unspecified atom stereocenters. The molecule has 0 spiro atoms. The average molecular weight is 272 g/mol. The smallest absolute Gasteiger partial charge is 0.274 e. The number of pyridine rings is 1. The van der Waals surface area contributed by atoms with Crippen LogP contribution in [0.5, 0.6) is 5.75 Å². The van der Waals surface area contributed by atoms with Crippen molar-refractivity contribution in [1.29, 1.82) is 0 Å². The molecule has 1 aromatic heterocycles. The third kappa shape index (κ3) is 4.07. The Balaban J connectivity index is 1.90. The van der Waals surface area contributed by atoms with E-state index in [1.807, 2.05) is 12.1 Å². The first-order chi connectivity index (χ1) is 9.79. The van der Waals surface area contributed by atoms with Crippen molar-refractivity contribution in [3.63, 3.8) is 0 Å². The van der Waals surface area contributed by atoms with Crippen LogP contribution in [0, 0.1) is 0 Å². The molecule has 1 N–H and O–H groups in total. The van der Waals surface area contributed by atoms with E-state index >= 15 is 0 Å². The second-order valence-electron chi connectivity index (χ2n) is 4.03. The van der Waals surface area contributed by atoms with Gasteiger partial charge in [0.15, 0.2) is 0 Å². The highest BCUT2D eigenvalue weighted by molar-refractivity contribution is 5.93. The van der Waals surface area contributed by atoms with Crippen LogP contribution in [0.15, 0.2) is 48.8 Å². The van der Waals surface area contributed by atoms with Gasteiger partial charge in [0.25, 0.3) is 5.91 Å². The molecule has 0 bridgehead atoms. The van der Waals surface area contributed by atoms with E-state index in [4.69, 9.17) is 9.57 Å². The zero-order chi connectivity index (χ0) is 14.2. The summed E-state index contributed by atoms with van der Waals surface area (Å²) in [6, 6.07) is 10.7. The summed E-state index contributed by atoms with van der Waals surface area (Å²) < 4.78 is 5.62. The summed E-state index contributed by atoms with van der Waals surface area (Å²) in [6.07, 6.45) is 3.44. The highest BCUT2D eigenvalue weighted by Gasteiger charge is 2.05. The number of hydrogen-bond donors (Lipinski definition) is 1. The Labute approximate surface area is 117 Å². The van der Waals surface area contributed by atoms with E-state index in [1.54, 1.807) is 43.6 Å². The lowest BCUT2D eigenvalue weighted by atomic mass is 10.2. The van der Waals surface area contributed by atoms with E-state index in [-0.39, 0.29) is 5.91 Å². The van der Waals surface area contributed by atoms with Gasteiger partial charge in [0.05, 0.1) is 6.61 Å². The molecule has 1 heterocycles. The van der Waals surface area contributed by atoms with Gasteiger partial charge in [-0.25, -0.2) is 5.48 Å². The highest BCUT2D eigenvalue weighted by Crippen LogP contribution is 2.14. The van der Waals surface area contributed by atoms with Crippen LogP contribution in [0.2, 0.25) is 0 Å². The van der Waals surface area contributed by atoms with Gasteiger partial charge in [-0.05, 0) is 48.9 Å². The largest absolute Gasteiger partial charge is 0.489 e. The summed E-state index contributed by atoms with van der Waals surface area (Å²) >= 11 is 0. The SMILES string of the molecule is CCONC(=O)c1ccc(OCc2ccncc2)cc1. The first kappa shape index (κ1) is 14.0. The fraction of sp³-hybridized carbons (Fsp3) is 0.200. The average Bonchev–Trinajstić information content (AvgIpc) is 2.52. The van der Waals surface area contributed by atoms with Crippen LogP contribution in [-0.2, 0) is 11.4 Å². The number of hydroxylamine groups is 1. The van der Waals surface area contributed by atoms with Crippen molar-refractivity contribution in [3.05, 3.63) is 59.9 Å². The van der Waals surface area contributed by atoms with E-state index in [1.165, 1.54) is 0 Å². The summed E-state index contributed by atoms with van der Waals surface area (Å²) in [6.45, 7) is 2.70. The minimum atomic E-state index is -0.271. The summed E-state index contributed by atoms with van der Waals surface area (Å²) in [5.74, 6) is 0.433. The fourth-order valence-electron chi connectivity index (χ4n) is 1.54.